The normalized spacial score (nSPS) is 17.9. The number of piperidine rings is 1. The van der Waals surface area contributed by atoms with Crippen molar-refractivity contribution in [2.24, 2.45) is 5.92 Å². The van der Waals surface area contributed by atoms with Crippen LogP contribution in [0.15, 0.2) is 42.5 Å². The molecule has 0 spiro atoms. The van der Waals surface area contributed by atoms with Crippen LogP contribution in [0.2, 0.25) is 0 Å². The van der Waals surface area contributed by atoms with Gasteiger partial charge in [-0.2, -0.15) is 0 Å². The van der Waals surface area contributed by atoms with Gasteiger partial charge in [0, 0.05) is 25.2 Å². The van der Waals surface area contributed by atoms with Gasteiger partial charge in [-0.15, -0.1) is 0 Å². The quantitative estimate of drug-likeness (QED) is 0.863. The Morgan fingerprint density at radius 3 is 2.58 bits per heavy atom. The van der Waals surface area contributed by atoms with Crippen molar-refractivity contribution in [1.29, 1.82) is 0 Å². The van der Waals surface area contributed by atoms with Gasteiger partial charge in [-0.05, 0) is 67.5 Å². The average molecular weight is 351 g/mol. The molecule has 3 rings (SSSR count). The maximum Gasteiger partial charge on any atom is 0.251 e. The lowest BCUT2D eigenvalue weighted by Crippen LogP contribution is -2.33. The zero-order chi connectivity index (χ0) is 18.5. The van der Waals surface area contributed by atoms with E-state index in [4.69, 9.17) is 0 Å². The molecule has 3 nitrogen and oxygen atoms in total. The molecule has 1 heterocycles. The van der Waals surface area contributed by atoms with Crippen molar-refractivity contribution in [3.63, 3.8) is 0 Å². The summed E-state index contributed by atoms with van der Waals surface area (Å²) in [5.74, 6) is 0.806. The standard InChI is InChI=1S/C23H30N2O/c1-17-6-5-13-25(15-17)16-21-11-9-20(10-12-21)14-24-23(26)22-8-4-7-18(2)19(22)3/h4,7-12,17H,5-6,13-16H2,1-3H3,(H,24,26). The van der Waals surface area contributed by atoms with Gasteiger partial charge in [0.1, 0.15) is 0 Å². The molecule has 26 heavy (non-hydrogen) atoms. The molecule has 2 aromatic rings. The van der Waals surface area contributed by atoms with E-state index in [2.05, 4.69) is 41.4 Å². The number of aryl methyl sites for hydroxylation is 1. The number of amides is 1. The summed E-state index contributed by atoms with van der Waals surface area (Å²) in [7, 11) is 0. The second kappa shape index (κ2) is 8.50. The highest BCUT2D eigenvalue weighted by molar-refractivity contribution is 5.95. The van der Waals surface area contributed by atoms with E-state index >= 15 is 0 Å². The average Bonchev–Trinajstić information content (AvgIpc) is 2.63. The Kier molecular flexibility index (Phi) is 6.10. The van der Waals surface area contributed by atoms with Crippen molar-refractivity contribution in [2.45, 2.75) is 46.7 Å². The molecular weight excluding hydrogens is 320 g/mol. The molecule has 1 saturated heterocycles. The minimum Gasteiger partial charge on any atom is -0.348 e. The van der Waals surface area contributed by atoms with Crippen LogP contribution >= 0.6 is 0 Å². The third-order valence-electron chi connectivity index (χ3n) is 5.47. The number of hydrogen-bond donors (Lipinski definition) is 1. The molecule has 1 amide bonds. The summed E-state index contributed by atoms with van der Waals surface area (Å²) >= 11 is 0. The molecule has 2 aromatic carbocycles. The zero-order valence-electron chi connectivity index (χ0n) is 16.2. The lowest BCUT2D eigenvalue weighted by atomic mass is 9.99. The van der Waals surface area contributed by atoms with Crippen LogP contribution in [0, 0.1) is 19.8 Å². The van der Waals surface area contributed by atoms with E-state index in [1.165, 1.54) is 31.5 Å². The van der Waals surface area contributed by atoms with Crippen molar-refractivity contribution in [2.75, 3.05) is 13.1 Å². The molecule has 1 fully saturated rings. The Bertz CT molecular complexity index is 751. The van der Waals surface area contributed by atoms with E-state index in [9.17, 15) is 4.79 Å². The molecule has 138 valence electrons. The van der Waals surface area contributed by atoms with Crippen molar-refractivity contribution in [3.05, 3.63) is 70.3 Å². The van der Waals surface area contributed by atoms with Crippen LogP contribution < -0.4 is 5.32 Å². The third kappa shape index (κ3) is 4.73. The Morgan fingerprint density at radius 1 is 1.12 bits per heavy atom. The van der Waals surface area contributed by atoms with Crippen LogP contribution in [0.3, 0.4) is 0 Å². The Balaban J connectivity index is 1.54. The lowest BCUT2D eigenvalue weighted by molar-refractivity contribution is 0.0950. The summed E-state index contributed by atoms with van der Waals surface area (Å²) in [6, 6.07) is 14.5. The number of likely N-dealkylation sites (tertiary alicyclic amines) is 1. The highest BCUT2D eigenvalue weighted by Gasteiger charge is 2.16. The summed E-state index contributed by atoms with van der Waals surface area (Å²) in [5.41, 5.74) is 5.45. The van der Waals surface area contributed by atoms with Gasteiger partial charge >= 0.3 is 0 Å². The van der Waals surface area contributed by atoms with E-state index in [1.54, 1.807) is 0 Å². The summed E-state index contributed by atoms with van der Waals surface area (Å²) in [5, 5.41) is 3.04. The molecule has 1 N–H and O–H groups in total. The number of nitrogens with one attached hydrogen (secondary N) is 1. The number of rotatable bonds is 5. The zero-order valence-corrected chi connectivity index (χ0v) is 16.2. The van der Waals surface area contributed by atoms with Crippen molar-refractivity contribution in [3.8, 4) is 0 Å². The first-order chi connectivity index (χ1) is 12.5. The fourth-order valence-electron chi connectivity index (χ4n) is 3.73. The van der Waals surface area contributed by atoms with Crippen LogP contribution in [0.1, 0.15) is 52.4 Å². The van der Waals surface area contributed by atoms with Crippen LogP contribution in [0.5, 0.6) is 0 Å². The van der Waals surface area contributed by atoms with Crippen LogP contribution in [-0.4, -0.2) is 23.9 Å². The van der Waals surface area contributed by atoms with E-state index in [0.717, 1.165) is 34.7 Å². The first kappa shape index (κ1) is 18.7. The third-order valence-corrected chi connectivity index (χ3v) is 5.47. The fourth-order valence-corrected chi connectivity index (χ4v) is 3.73. The van der Waals surface area contributed by atoms with Gasteiger partial charge in [0.15, 0.2) is 0 Å². The predicted octanol–water partition coefficient (Wildman–Crippen LogP) is 4.47. The van der Waals surface area contributed by atoms with Gasteiger partial charge in [-0.25, -0.2) is 0 Å². The Hall–Kier alpha value is -2.13. The molecular formula is C23H30N2O. The van der Waals surface area contributed by atoms with Gasteiger partial charge in [0.2, 0.25) is 0 Å². The smallest absolute Gasteiger partial charge is 0.251 e. The van der Waals surface area contributed by atoms with Crippen molar-refractivity contribution < 1.29 is 4.79 Å². The fraction of sp³-hybridized carbons (Fsp3) is 0.435. The molecule has 0 aliphatic carbocycles. The topological polar surface area (TPSA) is 32.3 Å². The highest BCUT2D eigenvalue weighted by Crippen LogP contribution is 2.18. The first-order valence-electron chi connectivity index (χ1n) is 9.67. The van der Waals surface area contributed by atoms with Gasteiger partial charge in [0.25, 0.3) is 5.91 Å². The molecule has 0 radical (unpaired) electrons. The first-order valence-corrected chi connectivity index (χ1v) is 9.67. The molecule has 0 saturated carbocycles. The highest BCUT2D eigenvalue weighted by atomic mass is 16.1. The number of hydrogen-bond acceptors (Lipinski definition) is 2. The van der Waals surface area contributed by atoms with Crippen LogP contribution in [-0.2, 0) is 13.1 Å². The minimum atomic E-state index is -0.00224. The minimum absolute atomic E-state index is 0.00224. The van der Waals surface area contributed by atoms with Gasteiger partial charge in [-0.3, -0.25) is 9.69 Å². The van der Waals surface area contributed by atoms with Gasteiger partial charge in [-0.1, -0.05) is 43.3 Å². The maximum absolute atomic E-state index is 12.4. The number of benzene rings is 2. The van der Waals surface area contributed by atoms with Crippen molar-refractivity contribution in [1.82, 2.24) is 10.2 Å². The van der Waals surface area contributed by atoms with E-state index < -0.39 is 0 Å². The van der Waals surface area contributed by atoms with Crippen molar-refractivity contribution >= 4 is 5.91 Å². The summed E-state index contributed by atoms with van der Waals surface area (Å²) in [6.07, 6.45) is 2.67. The number of carbonyl (C=O) groups excluding carboxylic acids is 1. The molecule has 3 heteroatoms. The Labute approximate surface area is 157 Å². The largest absolute Gasteiger partial charge is 0.348 e. The summed E-state index contributed by atoms with van der Waals surface area (Å²) < 4.78 is 0. The predicted molar refractivity (Wildman–Crippen MR) is 107 cm³/mol. The lowest BCUT2D eigenvalue weighted by Gasteiger charge is -2.30. The molecule has 0 aromatic heterocycles. The van der Waals surface area contributed by atoms with E-state index in [1.807, 2.05) is 32.0 Å². The summed E-state index contributed by atoms with van der Waals surface area (Å²) in [6.45, 7) is 10.4. The number of carbonyl (C=O) groups is 1. The second-order valence-electron chi connectivity index (χ2n) is 7.73. The number of nitrogens with zero attached hydrogens (tertiary/aromatic N) is 1. The molecule has 1 aliphatic heterocycles. The SMILES string of the molecule is Cc1cccc(C(=O)NCc2ccc(CN3CCCC(C)C3)cc2)c1C. The maximum atomic E-state index is 12.4. The molecule has 1 aliphatic rings. The Morgan fingerprint density at radius 2 is 1.85 bits per heavy atom. The van der Waals surface area contributed by atoms with E-state index in [0.29, 0.717) is 6.54 Å². The summed E-state index contributed by atoms with van der Waals surface area (Å²) in [4.78, 5) is 15.0. The second-order valence-corrected chi connectivity index (χ2v) is 7.73. The molecule has 1 atom stereocenters. The van der Waals surface area contributed by atoms with E-state index in [-0.39, 0.29) is 5.91 Å². The van der Waals surface area contributed by atoms with Gasteiger partial charge < -0.3 is 5.32 Å². The molecule has 1 unspecified atom stereocenters. The monoisotopic (exact) mass is 350 g/mol. The van der Waals surface area contributed by atoms with Crippen LogP contribution in [0.4, 0.5) is 0 Å². The van der Waals surface area contributed by atoms with Gasteiger partial charge in [0.05, 0.1) is 0 Å². The molecule has 0 bridgehead atoms. The van der Waals surface area contributed by atoms with Crippen LogP contribution in [0.25, 0.3) is 0 Å².